The third kappa shape index (κ3) is 5.08. The second kappa shape index (κ2) is 9.19. The van der Waals surface area contributed by atoms with Gasteiger partial charge in [0.05, 0.1) is 5.56 Å². The lowest BCUT2D eigenvalue weighted by Gasteiger charge is -2.06. The highest BCUT2D eigenvalue weighted by Crippen LogP contribution is 2.31. The summed E-state index contributed by atoms with van der Waals surface area (Å²) in [5.74, 6) is 0.626. The van der Waals surface area contributed by atoms with Crippen LogP contribution >= 0.6 is 23.4 Å². The van der Waals surface area contributed by atoms with Gasteiger partial charge >= 0.3 is 11.9 Å². The fraction of sp³-hybridized carbons (Fsp3) is 0.136. The van der Waals surface area contributed by atoms with E-state index >= 15 is 0 Å². The van der Waals surface area contributed by atoms with Gasteiger partial charge in [0.15, 0.2) is 5.65 Å². The second-order valence-electron chi connectivity index (χ2n) is 7.39. The zero-order valence-electron chi connectivity index (χ0n) is 17.6. The quantitative estimate of drug-likeness (QED) is 0.294. The van der Waals surface area contributed by atoms with Gasteiger partial charge in [-0.25, -0.2) is 9.48 Å². The van der Waals surface area contributed by atoms with Crippen LogP contribution in [0.2, 0.25) is 5.02 Å². The lowest BCUT2D eigenvalue weighted by atomic mass is 10.1. The van der Waals surface area contributed by atoms with Crippen molar-refractivity contribution in [2.75, 3.05) is 0 Å². The molecule has 0 fully saturated rings. The number of hydrogen-bond acceptors (Lipinski definition) is 7. The molecule has 0 atom stereocenters. The van der Waals surface area contributed by atoms with Crippen molar-refractivity contribution in [3.8, 4) is 11.4 Å². The molecule has 0 bridgehead atoms. The van der Waals surface area contributed by atoms with Crippen LogP contribution in [0.25, 0.3) is 17.0 Å². The number of alkyl halides is 3. The third-order valence-corrected chi connectivity index (χ3v) is 6.16. The van der Waals surface area contributed by atoms with Gasteiger partial charge in [-0.2, -0.15) is 27.8 Å². The molecule has 0 aliphatic heterocycles. The Balaban J connectivity index is 1.34. The monoisotopic (exact) mass is 518 g/mol. The lowest BCUT2D eigenvalue weighted by molar-refractivity contribution is -0.137. The zero-order valence-corrected chi connectivity index (χ0v) is 19.2. The molecule has 3 heterocycles. The van der Waals surface area contributed by atoms with Crippen LogP contribution in [0.4, 0.5) is 13.2 Å². The smallest absolute Gasteiger partial charge is 0.337 e. The van der Waals surface area contributed by atoms with Crippen molar-refractivity contribution in [1.82, 2.24) is 29.5 Å². The molecular weight excluding hydrogens is 505 g/mol. The maximum Gasteiger partial charge on any atom is 0.416 e. The number of fused-ring (bicyclic) bond motifs is 1. The molecule has 0 amide bonds. The predicted molar refractivity (Wildman–Crippen MR) is 122 cm³/mol. The summed E-state index contributed by atoms with van der Waals surface area (Å²) in [4.78, 5) is 16.9. The van der Waals surface area contributed by atoms with Crippen LogP contribution in [0.1, 0.15) is 17.0 Å². The fourth-order valence-electron chi connectivity index (χ4n) is 3.21. The van der Waals surface area contributed by atoms with E-state index in [0.29, 0.717) is 21.4 Å². The second-order valence-corrected chi connectivity index (χ2v) is 8.82. The van der Waals surface area contributed by atoms with Gasteiger partial charge in [-0.3, -0.25) is 0 Å². The van der Waals surface area contributed by atoms with Crippen LogP contribution in [0.5, 0.6) is 0 Å². The van der Waals surface area contributed by atoms with Gasteiger partial charge in [-0.05, 0) is 42.0 Å². The summed E-state index contributed by atoms with van der Waals surface area (Å²) < 4.78 is 46.3. The van der Waals surface area contributed by atoms with Crippen LogP contribution in [-0.4, -0.2) is 29.5 Å². The predicted octanol–water partition coefficient (Wildman–Crippen LogP) is 4.95. The van der Waals surface area contributed by atoms with E-state index < -0.39 is 17.4 Å². The first-order valence-corrected chi connectivity index (χ1v) is 11.5. The largest absolute Gasteiger partial charge is 0.416 e. The highest BCUT2D eigenvalue weighted by molar-refractivity contribution is 7.98. The van der Waals surface area contributed by atoms with E-state index in [-0.39, 0.29) is 23.8 Å². The Hall–Kier alpha value is -3.64. The van der Waals surface area contributed by atoms with E-state index in [2.05, 4.69) is 20.3 Å². The van der Waals surface area contributed by atoms with E-state index in [4.69, 9.17) is 16.1 Å². The number of thioether (sulfide) groups is 1. The van der Waals surface area contributed by atoms with Crippen molar-refractivity contribution < 1.29 is 17.7 Å². The van der Waals surface area contributed by atoms with Crippen LogP contribution < -0.4 is 5.69 Å². The van der Waals surface area contributed by atoms with Gasteiger partial charge in [0, 0.05) is 16.3 Å². The Morgan fingerprint density at radius 1 is 1.03 bits per heavy atom. The van der Waals surface area contributed by atoms with Crippen molar-refractivity contribution in [1.29, 1.82) is 0 Å². The zero-order chi connectivity index (χ0) is 24.6. The van der Waals surface area contributed by atoms with Crippen LogP contribution in [0, 0.1) is 0 Å². The molecule has 178 valence electrons. The van der Waals surface area contributed by atoms with Crippen molar-refractivity contribution in [3.05, 3.63) is 93.2 Å². The van der Waals surface area contributed by atoms with Crippen molar-refractivity contribution in [2.45, 2.75) is 23.5 Å². The lowest BCUT2D eigenvalue weighted by Crippen LogP contribution is -2.23. The summed E-state index contributed by atoms with van der Waals surface area (Å²) in [7, 11) is 0. The minimum absolute atomic E-state index is 0.0141. The standard InChI is InChI=1S/C22H14ClF3N6O2S/c23-16-6-4-13(5-7-16)12-35-19-9-8-17-28-31(21(33)32(17)29-19)11-18-27-20(30-34-18)14-2-1-3-15(10-14)22(24,25)26/h1-10H,11-12H2. The highest BCUT2D eigenvalue weighted by atomic mass is 35.5. The Morgan fingerprint density at radius 2 is 1.83 bits per heavy atom. The van der Waals surface area contributed by atoms with Gasteiger partial charge < -0.3 is 4.52 Å². The number of benzene rings is 2. The topological polar surface area (TPSA) is 91.1 Å². The summed E-state index contributed by atoms with van der Waals surface area (Å²) in [6, 6.07) is 15.4. The molecule has 0 N–H and O–H groups in total. The molecule has 0 unspecified atom stereocenters. The van der Waals surface area contributed by atoms with E-state index in [1.54, 1.807) is 24.3 Å². The van der Waals surface area contributed by atoms with Crippen LogP contribution in [0.3, 0.4) is 0 Å². The molecule has 13 heteroatoms. The number of nitrogens with zero attached hydrogens (tertiary/aromatic N) is 6. The molecule has 2 aromatic carbocycles. The highest BCUT2D eigenvalue weighted by Gasteiger charge is 2.30. The SMILES string of the molecule is O=c1n(Cc2nc(-c3cccc(C(F)(F)F)c3)no2)nc2ccc(SCc3ccc(Cl)cc3)nn12. The molecule has 8 nitrogen and oxygen atoms in total. The number of hydrogen-bond donors (Lipinski definition) is 0. The summed E-state index contributed by atoms with van der Waals surface area (Å²) >= 11 is 7.35. The summed E-state index contributed by atoms with van der Waals surface area (Å²) in [6.45, 7) is -0.165. The molecule has 0 radical (unpaired) electrons. The summed E-state index contributed by atoms with van der Waals surface area (Å²) in [5.41, 5.74) is 0.170. The molecule has 0 saturated carbocycles. The molecule has 0 saturated heterocycles. The molecular formula is C22H14ClF3N6O2S. The molecule has 0 spiro atoms. The summed E-state index contributed by atoms with van der Waals surface area (Å²) in [5, 5.41) is 13.6. The maximum absolute atomic E-state index is 13.0. The van der Waals surface area contributed by atoms with Gasteiger partial charge in [0.25, 0.3) is 0 Å². The van der Waals surface area contributed by atoms with E-state index in [1.165, 1.54) is 23.9 Å². The van der Waals surface area contributed by atoms with E-state index in [9.17, 15) is 18.0 Å². The molecule has 0 aliphatic carbocycles. The molecule has 35 heavy (non-hydrogen) atoms. The van der Waals surface area contributed by atoms with Crippen molar-refractivity contribution in [2.24, 2.45) is 0 Å². The number of halogens is 4. The number of aromatic nitrogens is 6. The van der Waals surface area contributed by atoms with Crippen molar-refractivity contribution >= 4 is 29.0 Å². The first-order chi connectivity index (χ1) is 16.8. The van der Waals surface area contributed by atoms with Gasteiger partial charge in [0.2, 0.25) is 11.7 Å². The average molecular weight is 519 g/mol. The molecule has 0 aliphatic rings. The Bertz CT molecular complexity index is 1560. The molecule has 5 aromatic rings. The normalized spacial score (nSPS) is 11.9. The Kier molecular flexibility index (Phi) is 6.07. The fourth-order valence-corrected chi connectivity index (χ4v) is 4.15. The minimum atomic E-state index is -4.49. The van der Waals surface area contributed by atoms with Crippen molar-refractivity contribution in [3.63, 3.8) is 0 Å². The first kappa shape index (κ1) is 23.1. The van der Waals surface area contributed by atoms with E-state index in [0.717, 1.165) is 26.9 Å². The van der Waals surface area contributed by atoms with Crippen LogP contribution in [-0.2, 0) is 18.5 Å². The Labute approximate surface area is 204 Å². The minimum Gasteiger partial charge on any atom is -0.337 e. The van der Waals surface area contributed by atoms with E-state index in [1.807, 2.05) is 12.1 Å². The Morgan fingerprint density at radius 3 is 2.60 bits per heavy atom. The molecule has 3 aromatic heterocycles. The van der Waals surface area contributed by atoms with Gasteiger partial charge in [-0.15, -0.1) is 5.10 Å². The molecule has 5 rings (SSSR count). The first-order valence-electron chi connectivity index (χ1n) is 10.1. The third-order valence-electron chi connectivity index (χ3n) is 4.92. The summed E-state index contributed by atoms with van der Waals surface area (Å²) in [6.07, 6.45) is -4.49. The van der Waals surface area contributed by atoms with Crippen LogP contribution in [0.15, 0.2) is 75.0 Å². The maximum atomic E-state index is 13.0. The van der Waals surface area contributed by atoms with Gasteiger partial charge in [-0.1, -0.05) is 52.8 Å². The van der Waals surface area contributed by atoms with Gasteiger partial charge in [0.1, 0.15) is 11.6 Å². The number of rotatable bonds is 6. The average Bonchev–Trinajstić information content (AvgIpc) is 3.43.